The lowest BCUT2D eigenvalue weighted by atomic mass is 10.1. The molecule has 0 bridgehead atoms. The summed E-state index contributed by atoms with van der Waals surface area (Å²) in [4.78, 5) is 14.6. The van der Waals surface area contributed by atoms with Crippen molar-refractivity contribution in [2.45, 2.75) is 31.9 Å². The summed E-state index contributed by atoms with van der Waals surface area (Å²) in [6, 6.07) is 8.60. The van der Waals surface area contributed by atoms with Crippen LogP contribution in [0.1, 0.15) is 18.4 Å². The van der Waals surface area contributed by atoms with Crippen molar-refractivity contribution < 1.29 is 14.3 Å². The zero-order chi connectivity index (χ0) is 15.4. The van der Waals surface area contributed by atoms with Gasteiger partial charge in [-0.3, -0.25) is 4.79 Å². The molecule has 1 atom stereocenters. The average Bonchev–Trinajstić information content (AvgIpc) is 2.56. The standard InChI is InChI=1S/C17H24N2O3/c1-13-3-2-4-15(11-13)19-7-10-22-16(12-19)17(20)18-14-5-8-21-9-6-14/h2-4,11,14,16H,5-10,12H2,1H3,(H,18,20)/t16-/m0/s1. The quantitative estimate of drug-likeness (QED) is 0.919. The molecule has 5 heteroatoms. The van der Waals surface area contributed by atoms with Crippen LogP contribution in [0, 0.1) is 6.92 Å². The first-order valence-corrected chi connectivity index (χ1v) is 8.04. The maximum Gasteiger partial charge on any atom is 0.251 e. The summed E-state index contributed by atoms with van der Waals surface area (Å²) in [5.41, 5.74) is 2.39. The van der Waals surface area contributed by atoms with E-state index in [1.807, 2.05) is 0 Å². The molecule has 1 aromatic rings. The summed E-state index contributed by atoms with van der Waals surface area (Å²) >= 11 is 0. The molecule has 1 amide bonds. The lowest BCUT2D eigenvalue weighted by molar-refractivity contribution is -0.134. The van der Waals surface area contributed by atoms with E-state index in [9.17, 15) is 4.79 Å². The third-order valence-electron chi connectivity index (χ3n) is 4.29. The number of benzene rings is 1. The minimum absolute atomic E-state index is 0.00394. The fourth-order valence-electron chi connectivity index (χ4n) is 3.00. The Morgan fingerprint density at radius 3 is 2.86 bits per heavy atom. The van der Waals surface area contributed by atoms with Crippen molar-refractivity contribution in [3.05, 3.63) is 29.8 Å². The predicted octanol–water partition coefficient (Wildman–Crippen LogP) is 1.50. The molecule has 1 aromatic carbocycles. The van der Waals surface area contributed by atoms with Crippen LogP contribution in [0.25, 0.3) is 0 Å². The van der Waals surface area contributed by atoms with Crippen molar-refractivity contribution in [2.24, 2.45) is 0 Å². The molecule has 120 valence electrons. The number of rotatable bonds is 3. The van der Waals surface area contributed by atoms with Crippen LogP contribution in [0.2, 0.25) is 0 Å². The average molecular weight is 304 g/mol. The van der Waals surface area contributed by atoms with Crippen LogP contribution in [-0.2, 0) is 14.3 Å². The molecule has 2 saturated heterocycles. The largest absolute Gasteiger partial charge is 0.381 e. The van der Waals surface area contributed by atoms with Crippen LogP contribution in [0.4, 0.5) is 5.69 Å². The topological polar surface area (TPSA) is 50.8 Å². The van der Waals surface area contributed by atoms with Gasteiger partial charge in [-0.25, -0.2) is 0 Å². The van der Waals surface area contributed by atoms with Gasteiger partial charge in [-0.15, -0.1) is 0 Å². The second kappa shape index (κ2) is 7.11. The lowest BCUT2D eigenvalue weighted by Gasteiger charge is -2.35. The van der Waals surface area contributed by atoms with Gasteiger partial charge in [0.15, 0.2) is 6.10 Å². The van der Waals surface area contributed by atoms with E-state index in [4.69, 9.17) is 9.47 Å². The molecule has 0 saturated carbocycles. The number of hydrogen-bond acceptors (Lipinski definition) is 4. The molecule has 2 heterocycles. The monoisotopic (exact) mass is 304 g/mol. The zero-order valence-electron chi connectivity index (χ0n) is 13.1. The van der Waals surface area contributed by atoms with Gasteiger partial charge in [-0.05, 0) is 37.5 Å². The van der Waals surface area contributed by atoms with E-state index in [0.717, 1.165) is 38.3 Å². The summed E-state index contributed by atoms with van der Waals surface area (Å²) in [6.45, 7) is 5.56. The fraction of sp³-hybridized carbons (Fsp3) is 0.588. The van der Waals surface area contributed by atoms with E-state index in [-0.39, 0.29) is 11.9 Å². The summed E-state index contributed by atoms with van der Waals surface area (Å²) in [7, 11) is 0. The van der Waals surface area contributed by atoms with Crippen molar-refractivity contribution in [1.82, 2.24) is 5.32 Å². The molecule has 1 N–H and O–H groups in total. The number of anilines is 1. The summed E-state index contributed by atoms with van der Waals surface area (Å²) in [5, 5.41) is 3.10. The van der Waals surface area contributed by atoms with Gasteiger partial charge in [0, 0.05) is 31.5 Å². The molecule has 0 aromatic heterocycles. The molecule has 22 heavy (non-hydrogen) atoms. The highest BCUT2D eigenvalue weighted by Gasteiger charge is 2.28. The molecular weight excluding hydrogens is 280 g/mol. The van der Waals surface area contributed by atoms with E-state index < -0.39 is 6.10 Å². The van der Waals surface area contributed by atoms with Gasteiger partial charge < -0.3 is 19.7 Å². The van der Waals surface area contributed by atoms with Gasteiger partial charge in [0.25, 0.3) is 5.91 Å². The maximum atomic E-state index is 12.4. The second-order valence-corrected chi connectivity index (χ2v) is 6.04. The van der Waals surface area contributed by atoms with E-state index in [1.165, 1.54) is 5.56 Å². The number of carbonyl (C=O) groups is 1. The normalized spacial score (nSPS) is 23.3. The van der Waals surface area contributed by atoms with Gasteiger partial charge in [0.1, 0.15) is 0 Å². The van der Waals surface area contributed by atoms with E-state index in [1.54, 1.807) is 0 Å². The molecule has 2 aliphatic rings. The number of hydrogen-bond donors (Lipinski definition) is 1. The van der Waals surface area contributed by atoms with Crippen molar-refractivity contribution in [3.8, 4) is 0 Å². The fourth-order valence-corrected chi connectivity index (χ4v) is 3.00. The Hall–Kier alpha value is -1.59. The van der Waals surface area contributed by atoms with Crippen molar-refractivity contribution in [3.63, 3.8) is 0 Å². The Labute approximate surface area is 131 Å². The number of aryl methyl sites for hydroxylation is 1. The van der Waals surface area contributed by atoms with Crippen LogP contribution in [0.5, 0.6) is 0 Å². The molecule has 0 radical (unpaired) electrons. The highest BCUT2D eigenvalue weighted by molar-refractivity contribution is 5.82. The Bertz CT molecular complexity index is 514. The minimum Gasteiger partial charge on any atom is -0.381 e. The Morgan fingerprint density at radius 1 is 1.27 bits per heavy atom. The van der Waals surface area contributed by atoms with Crippen LogP contribution in [0.3, 0.4) is 0 Å². The first kappa shape index (κ1) is 15.3. The molecular formula is C17H24N2O3. The first-order chi connectivity index (χ1) is 10.7. The number of carbonyl (C=O) groups excluding carboxylic acids is 1. The Morgan fingerprint density at radius 2 is 2.09 bits per heavy atom. The highest BCUT2D eigenvalue weighted by atomic mass is 16.5. The van der Waals surface area contributed by atoms with Crippen LogP contribution in [0.15, 0.2) is 24.3 Å². The number of nitrogens with zero attached hydrogens (tertiary/aromatic N) is 1. The van der Waals surface area contributed by atoms with E-state index in [0.29, 0.717) is 13.2 Å². The van der Waals surface area contributed by atoms with Crippen LogP contribution >= 0.6 is 0 Å². The molecule has 0 unspecified atom stereocenters. The minimum atomic E-state index is -0.392. The smallest absolute Gasteiger partial charge is 0.251 e. The lowest BCUT2D eigenvalue weighted by Crippen LogP contribution is -2.52. The highest BCUT2D eigenvalue weighted by Crippen LogP contribution is 2.19. The Kier molecular flexibility index (Phi) is 4.95. The second-order valence-electron chi connectivity index (χ2n) is 6.04. The Balaban J connectivity index is 1.58. The van der Waals surface area contributed by atoms with E-state index >= 15 is 0 Å². The molecule has 2 aliphatic heterocycles. The van der Waals surface area contributed by atoms with E-state index in [2.05, 4.69) is 41.4 Å². The van der Waals surface area contributed by atoms with Gasteiger partial charge in [-0.1, -0.05) is 12.1 Å². The number of amides is 1. The molecule has 2 fully saturated rings. The molecule has 0 spiro atoms. The number of ether oxygens (including phenoxy) is 2. The third kappa shape index (κ3) is 3.78. The maximum absolute atomic E-state index is 12.4. The first-order valence-electron chi connectivity index (χ1n) is 8.04. The third-order valence-corrected chi connectivity index (χ3v) is 4.29. The van der Waals surface area contributed by atoms with Gasteiger partial charge >= 0.3 is 0 Å². The molecule has 5 nitrogen and oxygen atoms in total. The summed E-state index contributed by atoms with van der Waals surface area (Å²) < 4.78 is 11.0. The number of nitrogens with one attached hydrogen (secondary N) is 1. The van der Waals surface area contributed by atoms with Crippen molar-refractivity contribution >= 4 is 11.6 Å². The predicted molar refractivity (Wildman–Crippen MR) is 85.1 cm³/mol. The van der Waals surface area contributed by atoms with Crippen LogP contribution < -0.4 is 10.2 Å². The SMILES string of the molecule is Cc1cccc(N2CCO[C@H](C(=O)NC3CCOCC3)C2)c1. The van der Waals surface area contributed by atoms with Gasteiger partial charge in [0.2, 0.25) is 0 Å². The molecule has 3 rings (SSSR count). The summed E-state index contributed by atoms with van der Waals surface area (Å²) in [6.07, 6.45) is 1.39. The summed E-state index contributed by atoms with van der Waals surface area (Å²) in [5.74, 6) is 0.00394. The van der Waals surface area contributed by atoms with Crippen molar-refractivity contribution in [1.29, 1.82) is 0 Å². The van der Waals surface area contributed by atoms with Gasteiger partial charge in [0.05, 0.1) is 13.2 Å². The molecule has 0 aliphatic carbocycles. The van der Waals surface area contributed by atoms with Crippen LogP contribution in [-0.4, -0.2) is 51.0 Å². The number of morpholine rings is 1. The zero-order valence-corrected chi connectivity index (χ0v) is 13.1. The van der Waals surface area contributed by atoms with Gasteiger partial charge in [-0.2, -0.15) is 0 Å². The van der Waals surface area contributed by atoms with Crippen molar-refractivity contribution in [2.75, 3.05) is 37.8 Å².